The molecule has 3 rings (SSSR count). The highest BCUT2D eigenvalue weighted by atomic mass is 16.5. The van der Waals surface area contributed by atoms with E-state index in [-0.39, 0.29) is 18.5 Å². The van der Waals surface area contributed by atoms with Crippen LogP contribution in [0.3, 0.4) is 0 Å². The van der Waals surface area contributed by atoms with Crippen LogP contribution in [-0.4, -0.2) is 28.0 Å². The number of urea groups is 1. The molecule has 2 aromatic rings. The Labute approximate surface area is 134 Å². The van der Waals surface area contributed by atoms with Crippen molar-refractivity contribution in [3.05, 3.63) is 46.8 Å². The van der Waals surface area contributed by atoms with Gasteiger partial charge in [-0.15, -0.1) is 0 Å². The maximum Gasteiger partial charge on any atom is 0.332 e. The van der Waals surface area contributed by atoms with Crippen molar-refractivity contribution in [2.75, 3.05) is 4.90 Å². The molecule has 120 valence electrons. The number of aromatic nitrogens is 1. The molecule has 6 heteroatoms. The summed E-state index contributed by atoms with van der Waals surface area (Å²) in [5.41, 5.74) is 3.31. The summed E-state index contributed by atoms with van der Waals surface area (Å²) in [4.78, 5) is 28.1. The smallest absolute Gasteiger partial charge is 0.332 e. The van der Waals surface area contributed by atoms with Gasteiger partial charge in [-0.3, -0.25) is 14.6 Å². The van der Waals surface area contributed by atoms with E-state index in [4.69, 9.17) is 4.52 Å². The molecule has 0 aliphatic carbocycles. The number of carbonyl (C=O) groups is 2. The van der Waals surface area contributed by atoms with Gasteiger partial charge in [0.2, 0.25) is 0 Å². The van der Waals surface area contributed by atoms with Crippen LogP contribution in [0, 0.1) is 20.8 Å². The van der Waals surface area contributed by atoms with Crippen molar-refractivity contribution in [3.63, 3.8) is 0 Å². The second-order valence-electron chi connectivity index (χ2n) is 5.89. The van der Waals surface area contributed by atoms with Crippen LogP contribution < -0.4 is 4.90 Å². The molecule has 2 heterocycles. The number of aryl methyl sites for hydroxylation is 3. The number of benzene rings is 1. The maximum atomic E-state index is 12.7. The van der Waals surface area contributed by atoms with E-state index in [1.165, 1.54) is 9.80 Å². The van der Waals surface area contributed by atoms with Crippen LogP contribution in [-0.2, 0) is 11.3 Å². The first-order chi connectivity index (χ1) is 10.9. The Hall–Kier alpha value is -2.63. The minimum Gasteiger partial charge on any atom is -0.361 e. The van der Waals surface area contributed by atoms with Crippen LogP contribution in [0.5, 0.6) is 0 Å². The van der Waals surface area contributed by atoms with Crippen LogP contribution in [0.2, 0.25) is 0 Å². The van der Waals surface area contributed by atoms with Gasteiger partial charge in [0.15, 0.2) is 0 Å². The summed E-state index contributed by atoms with van der Waals surface area (Å²) < 4.78 is 5.11. The third-order valence-corrected chi connectivity index (χ3v) is 4.26. The minimum absolute atomic E-state index is 0.186. The molecule has 6 nitrogen and oxygen atoms in total. The fraction of sp³-hybridized carbons (Fsp3) is 0.353. The van der Waals surface area contributed by atoms with E-state index in [2.05, 4.69) is 5.16 Å². The van der Waals surface area contributed by atoms with Crippen molar-refractivity contribution in [1.29, 1.82) is 0 Å². The Morgan fingerprint density at radius 2 is 1.78 bits per heavy atom. The summed E-state index contributed by atoms with van der Waals surface area (Å²) in [5, 5.41) is 3.88. The topological polar surface area (TPSA) is 66.7 Å². The molecule has 1 atom stereocenters. The molecule has 1 aliphatic heterocycles. The number of amides is 3. The standard InChI is InChI=1S/C17H19N3O3/c1-10-5-7-14(8-6-10)20-12(3)16(21)19(17(20)22)9-15-11(2)18-23-13(15)4/h5-8,12H,9H2,1-4H3. The lowest BCUT2D eigenvalue weighted by Gasteiger charge is -2.19. The molecule has 0 N–H and O–H groups in total. The first-order valence-electron chi connectivity index (χ1n) is 7.53. The van der Waals surface area contributed by atoms with E-state index in [0.717, 1.165) is 16.8 Å². The Bertz CT molecular complexity index is 744. The first kappa shape index (κ1) is 15.3. The van der Waals surface area contributed by atoms with Crippen molar-refractivity contribution in [1.82, 2.24) is 10.1 Å². The number of anilines is 1. The molecule has 0 bridgehead atoms. The Morgan fingerprint density at radius 3 is 2.35 bits per heavy atom. The van der Waals surface area contributed by atoms with Gasteiger partial charge in [0.05, 0.1) is 12.2 Å². The van der Waals surface area contributed by atoms with Crippen molar-refractivity contribution < 1.29 is 14.1 Å². The van der Waals surface area contributed by atoms with Crippen LogP contribution in [0.1, 0.15) is 29.5 Å². The summed E-state index contributed by atoms with van der Waals surface area (Å²) in [5.74, 6) is 0.417. The molecule has 1 fully saturated rings. The largest absolute Gasteiger partial charge is 0.361 e. The second-order valence-corrected chi connectivity index (χ2v) is 5.89. The second kappa shape index (κ2) is 5.53. The van der Waals surface area contributed by atoms with Gasteiger partial charge < -0.3 is 4.52 Å². The van der Waals surface area contributed by atoms with E-state index >= 15 is 0 Å². The van der Waals surface area contributed by atoms with Gasteiger partial charge in [0, 0.05) is 11.3 Å². The van der Waals surface area contributed by atoms with Crippen molar-refractivity contribution in [2.24, 2.45) is 0 Å². The summed E-state index contributed by atoms with van der Waals surface area (Å²) in [6.07, 6.45) is 0. The number of hydrogen-bond donors (Lipinski definition) is 0. The maximum absolute atomic E-state index is 12.7. The first-order valence-corrected chi connectivity index (χ1v) is 7.53. The zero-order valence-electron chi connectivity index (χ0n) is 13.7. The third-order valence-electron chi connectivity index (χ3n) is 4.26. The number of carbonyl (C=O) groups excluding carboxylic acids is 2. The van der Waals surface area contributed by atoms with Gasteiger partial charge in [-0.25, -0.2) is 4.79 Å². The molecule has 1 saturated heterocycles. The van der Waals surface area contributed by atoms with Crippen molar-refractivity contribution >= 4 is 17.6 Å². The summed E-state index contributed by atoms with van der Waals surface area (Å²) in [6.45, 7) is 7.49. The summed E-state index contributed by atoms with van der Waals surface area (Å²) in [7, 11) is 0. The lowest BCUT2D eigenvalue weighted by Crippen LogP contribution is -2.33. The molecule has 1 aromatic carbocycles. The average Bonchev–Trinajstić information content (AvgIpc) is 2.94. The third kappa shape index (κ3) is 2.50. The molecule has 1 aromatic heterocycles. The molecule has 23 heavy (non-hydrogen) atoms. The number of imide groups is 1. The zero-order valence-corrected chi connectivity index (χ0v) is 13.7. The Kier molecular flexibility index (Phi) is 3.67. The van der Waals surface area contributed by atoms with Gasteiger partial charge >= 0.3 is 6.03 Å². The molecule has 0 radical (unpaired) electrons. The van der Waals surface area contributed by atoms with E-state index in [1.807, 2.05) is 31.2 Å². The van der Waals surface area contributed by atoms with Crippen molar-refractivity contribution in [2.45, 2.75) is 40.3 Å². The lowest BCUT2D eigenvalue weighted by atomic mass is 10.2. The number of nitrogens with zero attached hydrogens (tertiary/aromatic N) is 3. The lowest BCUT2D eigenvalue weighted by molar-refractivity contribution is -0.127. The fourth-order valence-electron chi connectivity index (χ4n) is 2.80. The molecule has 1 unspecified atom stereocenters. The van der Waals surface area contributed by atoms with Gasteiger partial charge in [-0.2, -0.15) is 0 Å². The summed E-state index contributed by atoms with van der Waals surface area (Å²) in [6, 6.07) is 6.73. The van der Waals surface area contributed by atoms with E-state index in [1.54, 1.807) is 20.8 Å². The van der Waals surface area contributed by atoms with Crippen LogP contribution >= 0.6 is 0 Å². The zero-order chi connectivity index (χ0) is 16.7. The van der Waals surface area contributed by atoms with E-state index < -0.39 is 6.04 Å². The Balaban J connectivity index is 1.90. The van der Waals surface area contributed by atoms with Gasteiger partial charge in [-0.1, -0.05) is 22.9 Å². The van der Waals surface area contributed by atoms with Gasteiger partial charge in [0.25, 0.3) is 5.91 Å². The SMILES string of the molecule is Cc1ccc(N2C(=O)N(Cc3c(C)noc3C)C(=O)C2C)cc1. The van der Waals surface area contributed by atoms with Crippen molar-refractivity contribution in [3.8, 4) is 0 Å². The minimum atomic E-state index is -0.523. The predicted octanol–water partition coefficient (Wildman–Crippen LogP) is 2.96. The fourth-order valence-corrected chi connectivity index (χ4v) is 2.80. The quantitative estimate of drug-likeness (QED) is 0.817. The van der Waals surface area contributed by atoms with E-state index in [0.29, 0.717) is 11.5 Å². The summed E-state index contributed by atoms with van der Waals surface area (Å²) >= 11 is 0. The van der Waals surface area contributed by atoms with Crippen LogP contribution in [0.25, 0.3) is 0 Å². The molecule has 3 amide bonds. The molecule has 0 saturated carbocycles. The van der Waals surface area contributed by atoms with Gasteiger partial charge in [-0.05, 0) is 39.8 Å². The van der Waals surface area contributed by atoms with Gasteiger partial charge in [0.1, 0.15) is 11.8 Å². The van der Waals surface area contributed by atoms with Crippen LogP contribution in [0.15, 0.2) is 28.8 Å². The Morgan fingerprint density at radius 1 is 1.13 bits per heavy atom. The molecule has 1 aliphatic rings. The highest BCUT2D eigenvalue weighted by molar-refractivity contribution is 6.14. The predicted molar refractivity (Wildman–Crippen MR) is 85.0 cm³/mol. The normalized spacial score (nSPS) is 18.2. The highest BCUT2D eigenvalue weighted by Gasteiger charge is 2.43. The number of rotatable bonds is 3. The number of hydrogen-bond acceptors (Lipinski definition) is 4. The average molecular weight is 313 g/mol. The highest BCUT2D eigenvalue weighted by Crippen LogP contribution is 2.28. The van der Waals surface area contributed by atoms with Crippen LogP contribution in [0.4, 0.5) is 10.5 Å². The monoisotopic (exact) mass is 313 g/mol. The molecule has 0 spiro atoms. The molecular weight excluding hydrogens is 294 g/mol. The molecular formula is C17H19N3O3. The van der Waals surface area contributed by atoms with E-state index in [9.17, 15) is 9.59 Å².